The van der Waals surface area contributed by atoms with Gasteiger partial charge in [-0.3, -0.25) is 0 Å². The van der Waals surface area contributed by atoms with Crippen LogP contribution in [0.25, 0.3) is 0 Å². The molecule has 0 aliphatic rings. The van der Waals surface area contributed by atoms with Crippen LogP contribution >= 0.6 is 0 Å². The maximum atomic E-state index is 4.83. The molecule has 0 bridgehead atoms. The third-order valence-corrected chi connectivity index (χ3v) is 3.45. The molecular formula is C17H32N4. The summed E-state index contributed by atoms with van der Waals surface area (Å²) < 4.78 is 0. The number of aromatic nitrogens is 2. The van der Waals surface area contributed by atoms with Crippen LogP contribution in [-0.4, -0.2) is 29.6 Å². The quantitative estimate of drug-likeness (QED) is 0.745. The van der Waals surface area contributed by atoms with Crippen LogP contribution in [0.3, 0.4) is 0 Å². The third kappa shape index (κ3) is 5.18. The van der Waals surface area contributed by atoms with E-state index in [4.69, 9.17) is 9.97 Å². The molecule has 120 valence electrons. The van der Waals surface area contributed by atoms with Gasteiger partial charge in [-0.25, -0.2) is 9.97 Å². The highest BCUT2D eigenvalue weighted by atomic mass is 15.2. The fourth-order valence-electron chi connectivity index (χ4n) is 2.41. The van der Waals surface area contributed by atoms with Crippen molar-refractivity contribution in [3.05, 3.63) is 11.4 Å². The van der Waals surface area contributed by atoms with E-state index in [1.54, 1.807) is 0 Å². The van der Waals surface area contributed by atoms with Crippen molar-refractivity contribution in [3.63, 3.8) is 0 Å². The smallest absolute Gasteiger partial charge is 0.137 e. The van der Waals surface area contributed by atoms with E-state index in [9.17, 15) is 0 Å². The summed E-state index contributed by atoms with van der Waals surface area (Å²) in [7, 11) is 0. The van der Waals surface area contributed by atoms with Crippen molar-refractivity contribution in [2.45, 2.75) is 60.8 Å². The Balaban J connectivity index is 3.16. The normalized spacial score (nSPS) is 11.0. The molecule has 0 saturated carbocycles. The molecule has 0 saturated heterocycles. The molecule has 1 aromatic heterocycles. The van der Waals surface area contributed by atoms with Gasteiger partial charge in [0.25, 0.3) is 0 Å². The molecule has 1 heterocycles. The molecule has 1 N–H and O–H groups in total. The third-order valence-electron chi connectivity index (χ3n) is 3.45. The number of anilines is 2. The molecule has 4 heteroatoms. The summed E-state index contributed by atoms with van der Waals surface area (Å²) in [6.45, 7) is 16.2. The Bertz CT molecular complexity index is 429. The van der Waals surface area contributed by atoms with Gasteiger partial charge in [0.2, 0.25) is 0 Å². The summed E-state index contributed by atoms with van der Waals surface area (Å²) in [4.78, 5) is 11.9. The molecule has 21 heavy (non-hydrogen) atoms. The van der Waals surface area contributed by atoms with Crippen molar-refractivity contribution in [2.24, 2.45) is 5.92 Å². The van der Waals surface area contributed by atoms with Gasteiger partial charge in [-0.15, -0.1) is 0 Å². The number of nitrogens with one attached hydrogen (secondary N) is 1. The minimum Gasteiger partial charge on any atom is -0.370 e. The Labute approximate surface area is 130 Å². The van der Waals surface area contributed by atoms with Crippen LogP contribution in [0, 0.1) is 12.8 Å². The van der Waals surface area contributed by atoms with E-state index in [0.29, 0.717) is 5.92 Å². The van der Waals surface area contributed by atoms with Crippen molar-refractivity contribution < 1.29 is 0 Å². The summed E-state index contributed by atoms with van der Waals surface area (Å²) in [6.07, 6.45) is 3.12. The van der Waals surface area contributed by atoms with Gasteiger partial charge in [-0.05, 0) is 32.6 Å². The Hall–Kier alpha value is -1.32. The lowest BCUT2D eigenvalue weighted by atomic mass is 10.2. The topological polar surface area (TPSA) is 41.1 Å². The zero-order valence-corrected chi connectivity index (χ0v) is 14.7. The molecule has 0 amide bonds. The molecule has 0 aromatic carbocycles. The van der Waals surface area contributed by atoms with Gasteiger partial charge in [0, 0.05) is 31.6 Å². The highest BCUT2D eigenvalue weighted by molar-refractivity contribution is 5.58. The fourth-order valence-corrected chi connectivity index (χ4v) is 2.41. The Kier molecular flexibility index (Phi) is 7.48. The first-order valence-corrected chi connectivity index (χ1v) is 8.39. The van der Waals surface area contributed by atoms with E-state index in [2.05, 4.69) is 51.8 Å². The Morgan fingerprint density at radius 1 is 1.10 bits per heavy atom. The lowest BCUT2D eigenvalue weighted by Gasteiger charge is -2.27. The van der Waals surface area contributed by atoms with Gasteiger partial charge in [0.1, 0.15) is 17.5 Å². The van der Waals surface area contributed by atoms with Crippen molar-refractivity contribution >= 4 is 11.6 Å². The van der Waals surface area contributed by atoms with Crippen LogP contribution in [0.5, 0.6) is 0 Å². The van der Waals surface area contributed by atoms with Crippen molar-refractivity contribution in [3.8, 4) is 0 Å². The lowest BCUT2D eigenvalue weighted by Crippen LogP contribution is -2.29. The van der Waals surface area contributed by atoms with E-state index >= 15 is 0 Å². The van der Waals surface area contributed by atoms with Gasteiger partial charge in [0.15, 0.2) is 0 Å². The molecule has 0 aliphatic carbocycles. The van der Waals surface area contributed by atoms with Crippen LogP contribution in [0.15, 0.2) is 0 Å². The Morgan fingerprint density at radius 3 is 2.33 bits per heavy atom. The first kappa shape index (κ1) is 17.7. The Morgan fingerprint density at radius 2 is 1.81 bits per heavy atom. The fraction of sp³-hybridized carbons (Fsp3) is 0.765. The SMILES string of the molecule is CCCNc1nc(CCC)nc(N(CC)CC(C)C)c1C. The largest absolute Gasteiger partial charge is 0.370 e. The molecule has 0 unspecified atom stereocenters. The highest BCUT2D eigenvalue weighted by Gasteiger charge is 2.16. The minimum absolute atomic E-state index is 0.626. The molecule has 4 nitrogen and oxygen atoms in total. The van der Waals surface area contributed by atoms with E-state index < -0.39 is 0 Å². The number of nitrogens with zero attached hydrogens (tertiary/aromatic N) is 3. The average Bonchev–Trinajstić information content (AvgIpc) is 2.45. The van der Waals surface area contributed by atoms with E-state index in [1.165, 1.54) is 5.56 Å². The lowest BCUT2D eigenvalue weighted by molar-refractivity contribution is 0.611. The first-order valence-electron chi connectivity index (χ1n) is 8.39. The standard InChI is InChI=1S/C17H32N4/c1-7-10-15-19-16(18-11-8-2)14(6)17(20-15)21(9-3)12-13(4)5/h13H,7-12H2,1-6H3,(H,18,19,20). The van der Waals surface area contributed by atoms with E-state index in [1.807, 2.05) is 0 Å². The minimum atomic E-state index is 0.626. The van der Waals surface area contributed by atoms with Crippen LogP contribution in [-0.2, 0) is 6.42 Å². The monoisotopic (exact) mass is 292 g/mol. The molecule has 1 rings (SSSR count). The van der Waals surface area contributed by atoms with E-state index in [0.717, 1.165) is 56.4 Å². The van der Waals surface area contributed by atoms with Gasteiger partial charge in [-0.1, -0.05) is 27.7 Å². The maximum absolute atomic E-state index is 4.83. The number of hydrogen-bond donors (Lipinski definition) is 1. The molecule has 1 aromatic rings. The van der Waals surface area contributed by atoms with Crippen LogP contribution in [0.2, 0.25) is 0 Å². The second-order valence-corrected chi connectivity index (χ2v) is 6.05. The summed E-state index contributed by atoms with van der Waals surface area (Å²) >= 11 is 0. The average molecular weight is 292 g/mol. The van der Waals surface area contributed by atoms with Crippen molar-refractivity contribution in [1.29, 1.82) is 0 Å². The summed E-state index contributed by atoms with van der Waals surface area (Å²) in [6, 6.07) is 0. The van der Waals surface area contributed by atoms with Crippen molar-refractivity contribution in [2.75, 3.05) is 29.9 Å². The van der Waals surface area contributed by atoms with Crippen LogP contribution < -0.4 is 10.2 Å². The summed E-state index contributed by atoms with van der Waals surface area (Å²) in [5.74, 6) is 3.69. The highest BCUT2D eigenvalue weighted by Crippen LogP contribution is 2.24. The molecule has 0 atom stereocenters. The zero-order chi connectivity index (χ0) is 15.8. The van der Waals surface area contributed by atoms with Gasteiger partial charge in [-0.2, -0.15) is 0 Å². The van der Waals surface area contributed by atoms with Gasteiger partial charge >= 0.3 is 0 Å². The molecule has 0 spiro atoms. The zero-order valence-electron chi connectivity index (χ0n) is 14.7. The number of aryl methyl sites for hydroxylation is 1. The molecule has 0 fully saturated rings. The second kappa shape index (κ2) is 8.85. The predicted octanol–water partition coefficient (Wildman–Crippen LogP) is 4.04. The van der Waals surface area contributed by atoms with Crippen molar-refractivity contribution in [1.82, 2.24) is 9.97 Å². The number of hydrogen-bond acceptors (Lipinski definition) is 4. The molecule has 0 radical (unpaired) electrons. The number of rotatable bonds is 9. The maximum Gasteiger partial charge on any atom is 0.137 e. The summed E-state index contributed by atoms with van der Waals surface area (Å²) in [5, 5.41) is 3.46. The van der Waals surface area contributed by atoms with Gasteiger partial charge in [0.05, 0.1) is 0 Å². The van der Waals surface area contributed by atoms with E-state index in [-0.39, 0.29) is 0 Å². The second-order valence-electron chi connectivity index (χ2n) is 6.05. The molecular weight excluding hydrogens is 260 g/mol. The van der Waals surface area contributed by atoms with Crippen LogP contribution in [0.1, 0.15) is 58.8 Å². The summed E-state index contributed by atoms with van der Waals surface area (Å²) in [5.41, 5.74) is 1.17. The first-order chi connectivity index (χ1) is 10.0. The van der Waals surface area contributed by atoms with Crippen LogP contribution in [0.4, 0.5) is 11.6 Å². The predicted molar refractivity (Wildman–Crippen MR) is 92.3 cm³/mol. The molecule has 0 aliphatic heterocycles. The van der Waals surface area contributed by atoms with Gasteiger partial charge < -0.3 is 10.2 Å².